The molecule has 6 aliphatic rings. The molecule has 0 spiro atoms. The van der Waals surface area contributed by atoms with Crippen LogP contribution in [0.3, 0.4) is 0 Å². The van der Waals surface area contributed by atoms with Crippen LogP contribution in [0, 0.1) is 0 Å². The lowest BCUT2D eigenvalue weighted by Gasteiger charge is -2.18. The summed E-state index contributed by atoms with van der Waals surface area (Å²) in [5, 5.41) is 2.52. The monoisotopic (exact) mass is 1850 g/mol. The summed E-state index contributed by atoms with van der Waals surface area (Å²) in [6.07, 6.45) is 9.77. The molecule has 3 aliphatic carbocycles. The fourth-order valence-electron chi connectivity index (χ4n) is 19.1. The normalized spacial score (nSPS) is 13.9. The van der Waals surface area contributed by atoms with Crippen molar-refractivity contribution >= 4 is 21.8 Å². The third-order valence-corrected chi connectivity index (χ3v) is 28.1. The Morgan fingerprint density at radius 3 is 1.12 bits per heavy atom. The van der Waals surface area contributed by atoms with Crippen molar-refractivity contribution in [2.75, 3.05) is 13.7 Å². The molecule has 0 unspecified atom stereocenters. The summed E-state index contributed by atoms with van der Waals surface area (Å²) in [4.78, 5) is 60.4. The van der Waals surface area contributed by atoms with Gasteiger partial charge in [0, 0.05) is 123 Å². The SMILES string of the molecule is CC(C)c1ccc2c(c1)CCCc1[nH]c(C(C)C)nc1-2.CC(C)c1ccc2c(c1)CCc1[nH]c(C(C)C)nc1-2.CC(C)c1ccc2c(c1)CN(C)Cc1[nH]c(C(C)C)nc1-2.CC(C)c1ccc2c(c1)Cc1[nH]c(C(C)C)nc1CC2.CC(C)c1ccc2c(c1)OCCc1[nH]c(C(C)C)nc1-2.CC(C)c1ccc2c(c1)OCc1[nH]c(C(C)C)nc1-2.CC(C)c1ccc2c(ccc3[nH]c(C(C)C)nc32)c1. The van der Waals surface area contributed by atoms with Gasteiger partial charge in [-0.15, -0.1) is 0 Å². The average Bonchev–Trinajstić information content (AvgIpc) is 1.62. The number of rotatable bonds is 14. The predicted octanol–water partition coefficient (Wildman–Crippen LogP) is 31.3. The van der Waals surface area contributed by atoms with Gasteiger partial charge in [-0.05, 0) is 196 Å². The van der Waals surface area contributed by atoms with E-state index in [1.165, 1.54) is 146 Å². The highest BCUT2D eigenvalue weighted by atomic mass is 16.5. The number of ether oxygens (including phenoxy) is 2. The Bertz CT molecular complexity index is 6500. The molecule has 17 nitrogen and oxygen atoms in total. The number of hydrogen-bond donors (Lipinski definition) is 7. The molecule has 10 heterocycles. The van der Waals surface area contributed by atoms with Crippen LogP contribution in [-0.4, -0.2) is 88.3 Å². The maximum absolute atomic E-state index is 5.92. The molecule has 8 aromatic carbocycles. The Balaban J connectivity index is 0.000000122. The minimum atomic E-state index is 0.406. The molecule has 728 valence electrons. The van der Waals surface area contributed by atoms with Crippen molar-refractivity contribution in [1.82, 2.24) is 74.7 Å². The lowest BCUT2D eigenvalue weighted by Crippen LogP contribution is -2.16. The van der Waals surface area contributed by atoms with Gasteiger partial charge in [-0.2, -0.15) is 0 Å². The van der Waals surface area contributed by atoms with Gasteiger partial charge in [-0.25, -0.2) is 34.9 Å². The van der Waals surface area contributed by atoms with Crippen LogP contribution in [0.4, 0.5) is 0 Å². The van der Waals surface area contributed by atoms with Crippen molar-refractivity contribution in [2.24, 2.45) is 0 Å². The van der Waals surface area contributed by atoms with Crippen LogP contribution in [0.1, 0.15) is 431 Å². The molecule has 7 aromatic heterocycles. The van der Waals surface area contributed by atoms with E-state index >= 15 is 0 Å². The van der Waals surface area contributed by atoms with Gasteiger partial charge in [0.25, 0.3) is 0 Å². The largest absolute Gasteiger partial charge is 0.492 e. The van der Waals surface area contributed by atoms with Crippen molar-refractivity contribution < 1.29 is 9.47 Å². The topological polar surface area (TPSA) is 222 Å². The number of fused-ring (bicyclic) bond motifs is 20. The lowest BCUT2D eigenvalue weighted by atomic mass is 9.89. The molecule has 15 aromatic rings. The Hall–Kier alpha value is -11.7. The minimum absolute atomic E-state index is 0.406. The highest BCUT2D eigenvalue weighted by Gasteiger charge is 2.30. The zero-order valence-electron chi connectivity index (χ0n) is 88.4. The molecule has 17 heteroatoms. The lowest BCUT2D eigenvalue weighted by molar-refractivity contribution is 0.297. The molecular formula is C121H157N15O2. The van der Waals surface area contributed by atoms with Gasteiger partial charge in [0.1, 0.15) is 58.9 Å². The molecule has 0 saturated heterocycles. The maximum Gasteiger partial charge on any atom is 0.130 e. The number of imidazole rings is 7. The zero-order chi connectivity index (χ0) is 98.7. The van der Waals surface area contributed by atoms with E-state index in [0.29, 0.717) is 96.1 Å². The molecule has 3 aliphatic heterocycles. The second-order valence-corrected chi connectivity index (χ2v) is 43.9. The Morgan fingerprint density at radius 1 is 0.261 bits per heavy atom. The van der Waals surface area contributed by atoms with Crippen molar-refractivity contribution in [3.8, 4) is 67.8 Å². The highest BCUT2D eigenvalue weighted by molar-refractivity contribution is 6.04. The first kappa shape index (κ1) is 101. The van der Waals surface area contributed by atoms with Crippen molar-refractivity contribution in [1.29, 1.82) is 0 Å². The molecule has 0 fully saturated rings. The van der Waals surface area contributed by atoms with Gasteiger partial charge in [0.05, 0.1) is 63.2 Å². The van der Waals surface area contributed by atoms with E-state index in [0.717, 1.165) is 162 Å². The molecule has 138 heavy (non-hydrogen) atoms. The van der Waals surface area contributed by atoms with Gasteiger partial charge in [0.15, 0.2) is 0 Å². The molecule has 0 atom stereocenters. The second-order valence-electron chi connectivity index (χ2n) is 43.9. The third-order valence-electron chi connectivity index (χ3n) is 28.1. The number of aromatic amines is 7. The Kier molecular flexibility index (Phi) is 31.7. The summed E-state index contributed by atoms with van der Waals surface area (Å²) in [5.41, 5.74) is 39.8. The summed E-state index contributed by atoms with van der Waals surface area (Å²) >= 11 is 0. The van der Waals surface area contributed by atoms with Gasteiger partial charge in [-0.3, -0.25) is 4.90 Å². The first-order valence-corrected chi connectivity index (χ1v) is 52.0. The number of nitrogens with zero attached hydrogens (tertiary/aromatic N) is 8. The van der Waals surface area contributed by atoms with Gasteiger partial charge in [-0.1, -0.05) is 303 Å². The molecule has 0 radical (unpaired) electrons. The van der Waals surface area contributed by atoms with Gasteiger partial charge in [0.2, 0.25) is 0 Å². The summed E-state index contributed by atoms with van der Waals surface area (Å²) in [6.45, 7) is 65.0. The first-order valence-electron chi connectivity index (χ1n) is 52.0. The second kappa shape index (κ2) is 43.4. The van der Waals surface area contributed by atoms with Crippen LogP contribution in [0.5, 0.6) is 11.5 Å². The summed E-state index contributed by atoms with van der Waals surface area (Å²) in [7, 11) is 2.18. The fourth-order valence-corrected chi connectivity index (χ4v) is 19.1. The van der Waals surface area contributed by atoms with E-state index in [2.05, 4.69) is 380 Å². The van der Waals surface area contributed by atoms with Crippen LogP contribution in [-0.2, 0) is 71.1 Å². The number of aryl methyl sites for hydroxylation is 6. The number of nitrogens with one attached hydrogen (secondary N) is 7. The molecule has 21 rings (SSSR count). The minimum Gasteiger partial charge on any atom is -0.492 e. The van der Waals surface area contributed by atoms with Crippen molar-refractivity contribution in [3.63, 3.8) is 0 Å². The van der Waals surface area contributed by atoms with E-state index in [4.69, 9.17) is 44.4 Å². The van der Waals surface area contributed by atoms with E-state index in [1.54, 1.807) is 0 Å². The summed E-state index contributed by atoms with van der Waals surface area (Å²) < 4.78 is 11.8. The van der Waals surface area contributed by atoms with E-state index < -0.39 is 0 Å². The van der Waals surface area contributed by atoms with Crippen LogP contribution in [0.25, 0.3) is 78.1 Å². The van der Waals surface area contributed by atoms with Gasteiger partial charge < -0.3 is 44.4 Å². The fraction of sp³-hybridized carbons (Fsp3) is 0.463. The van der Waals surface area contributed by atoms with Crippen LogP contribution >= 0.6 is 0 Å². The summed E-state index contributed by atoms with van der Waals surface area (Å²) in [6, 6.07) is 51.7. The molecule has 7 N–H and O–H groups in total. The van der Waals surface area contributed by atoms with Crippen molar-refractivity contribution in [2.45, 2.75) is 354 Å². The number of aromatic nitrogens is 14. The predicted molar refractivity (Wildman–Crippen MR) is 574 cm³/mol. The van der Waals surface area contributed by atoms with Crippen LogP contribution in [0.2, 0.25) is 0 Å². The Labute approximate surface area is 823 Å². The summed E-state index contributed by atoms with van der Waals surface area (Å²) in [5.74, 6) is 16.6. The Morgan fingerprint density at radius 2 is 0.623 bits per heavy atom. The first-order chi connectivity index (χ1) is 65.8. The van der Waals surface area contributed by atoms with Crippen molar-refractivity contribution in [3.05, 3.63) is 287 Å². The van der Waals surface area contributed by atoms with Crippen LogP contribution < -0.4 is 9.47 Å². The maximum atomic E-state index is 5.92. The van der Waals surface area contributed by atoms with Gasteiger partial charge >= 0.3 is 0 Å². The third kappa shape index (κ3) is 22.9. The number of H-pyrrole nitrogens is 7. The standard InChI is InChI=1S/C18H25N3.2C18H24N2.C17H22N2O.C17H22N2.C17H20N2.C16H20N2O/c1-11(2)13-6-7-15-14(8-13)9-21(5)10-16-17(15)20-18(19-16)12(3)4;1-11(2)14-6-5-13-7-8-16-17(10-15(13)9-14)20-18(19-16)12(3)4;1-11(2)13-8-9-15-14(10-13)6-5-7-16-17(15)20-18(19-16)12(3)4;1-10(2)12-5-6-13-15(9-12)20-8-7-14-16(13)19-17(18-14)11(3)4;2*1-10(2)12-5-7-14-13(9-12)6-8-15-16(14)19-17(18-15)11(3)4;1-9(2)11-5-6-12-14(7-11)19-8-13-15(12)18-16(17-13)10(3)4/h6-8,11-12H,9-10H2,1-5H3,(H,19,20);5-6,9,11-12H,7-8,10H2,1-4H3,(H,19,20);8-12H,5-7H2,1-4H3,(H,19,20);5-6,9-11H,7-8H2,1-4H3,(H,18,19);5,7,9-11H,6,8H2,1-4H3,(H,18,19);5-11H,1-4H3,(H,18,19);5-7,9-10H,8H2,1-4H3,(H,17,18). The molecular weight excluding hydrogens is 1700 g/mol. The van der Waals surface area contributed by atoms with E-state index in [-0.39, 0.29) is 0 Å². The zero-order valence-corrected chi connectivity index (χ0v) is 88.4. The molecule has 0 amide bonds. The average molecular weight is 1850 g/mol. The number of benzene rings is 8. The molecule has 0 saturated carbocycles. The molecule has 0 bridgehead atoms. The van der Waals surface area contributed by atoms with E-state index in [1.807, 2.05) is 0 Å². The quantitative estimate of drug-likeness (QED) is 0.0546. The highest BCUT2D eigenvalue weighted by Crippen LogP contribution is 2.44. The van der Waals surface area contributed by atoms with Crippen LogP contribution in [0.15, 0.2) is 140 Å². The number of hydrogen-bond acceptors (Lipinski definition) is 10. The van der Waals surface area contributed by atoms with E-state index in [9.17, 15) is 0 Å². The smallest absolute Gasteiger partial charge is 0.130 e.